The van der Waals surface area contributed by atoms with Crippen molar-refractivity contribution in [1.82, 2.24) is 0 Å². The Bertz CT molecular complexity index is 383. The summed E-state index contributed by atoms with van der Waals surface area (Å²) in [5.41, 5.74) is 0. The maximum atomic E-state index is 12.4. The molecule has 1 aromatic rings. The molecule has 1 aliphatic heterocycles. The zero-order valence-electron chi connectivity index (χ0n) is 8.14. The standard InChI is InChI=1S/C9H9F3O2S/c1-4-7-8(5(2)15-4)14-6(3-13-7)9(10,11)12/h6H,3H2,1-2H3. The molecule has 2 heterocycles. The van der Waals surface area contributed by atoms with Crippen LogP contribution in [0.5, 0.6) is 11.5 Å². The van der Waals surface area contributed by atoms with E-state index < -0.39 is 18.9 Å². The Morgan fingerprint density at radius 2 is 1.80 bits per heavy atom. The fourth-order valence-corrected chi connectivity index (χ4v) is 2.38. The van der Waals surface area contributed by atoms with Gasteiger partial charge < -0.3 is 9.47 Å². The normalized spacial score (nSPS) is 20.5. The van der Waals surface area contributed by atoms with Crippen molar-refractivity contribution in [1.29, 1.82) is 0 Å². The molecule has 2 nitrogen and oxygen atoms in total. The lowest BCUT2D eigenvalue weighted by Crippen LogP contribution is -2.41. The maximum absolute atomic E-state index is 12.4. The lowest BCUT2D eigenvalue weighted by atomic mass is 10.3. The third-order valence-corrected chi connectivity index (χ3v) is 3.14. The Hall–Kier alpha value is -0.910. The number of fused-ring (bicyclic) bond motifs is 1. The molecule has 6 heteroatoms. The molecule has 0 radical (unpaired) electrons. The highest BCUT2D eigenvalue weighted by Gasteiger charge is 2.45. The molecule has 0 bridgehead atoms. The van der Waals surface area contributed by atoms with Crippen molar-refractivity contribution in [2.75, 3.05) is 6.61 Å². The van der Waals surface area contributed by atoms with Gasteiger partial charge in [-0.3, -0.25) is 0 Å². The summed E-state index contributed by atoms with van der Waals surface area (Å²) < 4.78 is 47.1. The summed E-state index contributed by atoms with van der Waals surface area (Å²) in [5, 5.41) is 0. The van der Waals surface area contributed by atoms with E-state index in [1.54, 1.807) is 13.8 Å². The van der Waals surface area contributed by atoms with Crippen molar-refractivity contribution < 1.29 is 22.6 Å². The first kappa shape index (κ1) is 10.6. The van der Waals surface area contributed by atoms with Crippen LogP contribution in [0.3, 0.4) is 0 Å². The maximum Gasteiger partial charge on any atom is 0.428 e. The van der Waals surface area contributed by atoms with Gasteiger partial charge in [-0.15, -0.1) is 11.3 Å². The van der Waals surface area contributed by atoms with Crippen molar-refractivity contribution in [2.24, 2.45) is 0 Å². The highest BCUT2D eigenvalue weighted by molar-refractivity contribution is 7.12. The molecule has 0 aromatic carbocycles. The number of rotatable bonds is 0. The Kier molecular flexibility index (Phi) is 2.33. The van der Waals surface area contributed by atoms with Gasteiger partial charge in [0.25, 0.3) is 0 Å². The molecule has 0 spiro atoms. The first-order chi connectivity index (χ1) is 6.89. The summed E-state index contributed by atoms with van der Waals surface area (Å²) in [4.78, 5) is 1.57. The second-order valence-electron chi connectivity index (χ2n) is 3.33. The molecule has 0 saturated carbocycles. The lowest BCUT2D eigenvalue weighted by Gasteiger charge is -2.26. The summed E-state index contributed by atoms with van der Waals surface area (Å²) in [6.07, 6.45) is -6.22. The first-order valence-corrected chi connectivity index (χ1v) is 5.17. The molecule has 0 fully saturated rings. The number of ether oxygens (including phenoxy) is 2. The first-order valence-electron chi connectivity index (χ1n) is 4.35. The van der Waals surface area contributed by atoms with Gasteiger partial charge in [0.05, 0.1) is 0 Å². The van der Waals surface area contributed by atoms with E-state index in [0.29, 0.717) is 5.75 Å². The predicted octanol–water partition coefficient (Wildman–Crippen LogP) is 3.07. The molecule has 1 aromatic heterocycles. The van der Waals surface area contributed by atoms with Crippen LogP contribution in [0, 0.1) is 13.8 Å². The Morgan fingerprint density at radius 3 is 2.40 bits per heavy atom. The molecule has 1 aliphatic rings. The largest absolute Gasteiger partial charge is 0.484 e. The lowest BCUT2D eigenvalue weighted by molar-refractivity contribution is -0.207. The highest BCUT2D eigenvalue weighted by atomic mass is 32.1. The van der Waals surface area contributed by atoms with Gasteiger partial charge in [-0.05, 0) is 13.8 Å². The van der Waals surface area contributed by atoms with E-state index in [-0.39, 0.29) is 5.75 Å². The number of alkyl halides is 3. The predicted molar refractivity (Wildman–Crippen MR) is 49.8 cm³/mol. The molecule has 84 valence electrons. The van der Waals surface area contributed by atoms with Crippen molar-refractivity contribution in [3.05, 3.63) is 9.75 Å². The van der Waals surface area contributed by atoms with Crippen LogP contribution in [0.25, 0.3) is 0 Å². The van der Waals surface area contributed by atoms with Crippen LogP contribution in [0.2, 0.25) is 0 Å². The van der Waals surface area contributed by atoms with Crippen LogP contribution in [-0.4, -0.2) is 18.9 Å². The number of halogens is 3. The summed E-state index contributed by atoms with van der Waals surface area (Å²) in [7, 11) is 0. The van der Waals surface area contributed by atoms with Crippen LogP contribution >= 0.6 is 11.3 Å². The van der Waals surface area contributed by atoms with Crippen LogP contribution < -0.4 is 9.47 Å². The zero-order valence-corrected chi connectivity index (χ0v) is 8.96. The fourth-order valence-electron chi connectivity index (χ4n) is 1.44. The molecule has 1 atom stereocenters. The van der Waals surface area contributed by atoms with Crippen molar-refractivity contribution in [3.8, 4) is 11.5 Å². The molecule has 0 aliphatic carbocycles. The van der Waals surface area contributed by atoms with Gasteiger partial charge in [0, 0.05) is 9.75 Å². The van der Waals surface area contributed by atoms with E-state index in [0.717, 1.165) is 9.75 Å². The zero-order chi connectivity index (χ0) is 11.2. The number of thiophene rings is 1. The van der Waals surface area contributed by atoms with Crippen molar-refractivity contribution in [2.45, 2.75) is 26.1 Å². The van der Waals surface area contributed by atoms with Gasteiger partial charge in [0.2, 0.25) is 6.10 Å². The highest BCUT2D eigenvalue weighted by Crippen LogP contribution is 2.45. The molecular formula is C9H9F3O2S. The number of hydrogen-bond donors (Lipinski definition) is 0. The average Bonchev–Trinajstić information content (AvgIpc) is 2.41. The van der Waals surface area contributed by atoms with Crippen LogP contribution in [0.1, 0.15) is 9.75 Å². The van der Waals surface area contributed by atoms with E-state index >= 15 is 0 Å². The van der Waals surface area contributed by atoms with Crippen LogP contribution in [0.4, 0.5) is 13.2 Å². The van der Waals surface area contributed by atoms with Crippen molar-refractivity contribution >= 4 is 11.3 Å². The second kappa shape index (κ2) is 3.30. The smallest absolute Gasteiger partial charge is 0.428 e. The van der Waals surface area contributed by atoms with E-state index in [2.05, 4.69) is 0 Å². The van der Waals surface area contributed by atoms with Crippen molar-refractivity contribution in [3.63, 3.8) is 0 Å². The van der Waals surface area contributed by atoms with Gasteiger partial charge in [0.1, 0.15) is 6.61 Å². The summed E-state index contributed by atoms with van der Waals surface area (Å²) in [6.45, 7) is 3.06. The molecule has 0 N–H and O–H groups in total. The summed E-state index contributed by atoms with van der Waals surface area (Å²) in [5.74, 6) is 0.698. The quantitative estimate of drug-likeness (QED) is 0.691. The molecule has 15 heavy (non-hydrogen) atoms. The van der Waals surface area contributed by atoms with Crippen LogP contribution in [-0.2, 0) is 0 Å². The van der Waals surface area contributed by atoms with Gasteiger partial charge in [0.15, 0.2) is 11.5 Å². The van der Waals surface area contributed by atoms with Gasteiger partial charge in [-0.1, -0.05) is 0 Å². The van der Waals surface area contributed by atoms with E-state index in [4.69, 9.17) is 9.47 Å². The molecular weight excluding hydrogens is 229 g/mol. The Labute approximate surface area is 88.6 Å². The number of aryl methyl sites for hydroxylation is 2. The Morgan fingerprint density at radius 1 is 1.20 bits per heavy atom. The minimum atomic E-state index is -4.38. The Balaban J connectivity index is 2.31. The summed E-state index contributed by atoms with van der Waals surface area (Å²) >= 11 is 1.38. The van der Waals surface area contributed by atoms with Crippen LogP contribution in [0.15, 0.2) is 0 Å². The van der Waals surface area contributed by atoms with E-state index in [1.807, 2.05) is 0 Å². The average molecular weight is 238 g/mol. The SMILES string of the molecule is Cc1sc(C)c2c1OCC(C(F)(F)F)O2. The van der Waals surface area contributed by atoms with E-state index in [1.165, 1.54) is 11.3 Å². The molecule has 2 rings (SSSR count). The van der Waals surface area contributed by atoms with Gasteiger partial charge in [-0.2, -0.15) is 13.2 Å². The second-order valence-corrected chi connectivity index (χ2v) is 4.76. The minimum Gasteiger partial charge on any atom is -0.484 e. The van der Waals surface area contributed by atoms with Gasteiger partial charge >= 0.3 is 6.18 Å². The monoisotopic (exact) mass is 238 g/mol. The number of hydrogen-bond acceptors (Lipinski definition) is 3. The topological polar surface area (TPSA) is 18.5 Å². The molecule has 0 saturated heterocycles. The molecule has 1 unspecified atom stereocenters. The third kappa shape index (κ3) is 1.78. The van der Waals surface area contributed by atoms with Gasteiger partial charge in [-0.25, -0.2) is 0 Å². The third-order valence-electron chi connectivity index (χ3n) is 2.16. The minimum absolute atomic E-state index is 0.242. The molecule has 0 amide bonds. The van der Waals surface area contributed by atoms with E-state index in [9.17, 15) is 13.2 Å². The fraction of sp³-hybridized carbons (Fsp3) is 0.556. The summed E-state index contributed by atoms with van der Waals surface area (Å²) in [6, 6.07) is 0.